The monoisotopic (exact) mass is 446 g/mol. The van der Waals surface area contributed by atoms with Crippen molar-refractivity contribution >= 4 is 35.5 Å². The Morgan fingerprint density at radius 3 is 2.59 bits per heavy atom. The van der Waals surface area contributed by atoms with Crippen molar-refractivity contribution < 1.29 is 23.8 Å². The highest BCUT2D eigenvalue weighted by Crippen LogP contribution is 2.52. The van der Waals surface area contributed by atoms with Crippen LogP contribution in [0.3, 0.4) is 0 Å². The van der Waals surface area contributed by atoms with Crippen LogP contribution in [0.4, 0.5) is 5.82 Å². The van der Waals surface area contributed by atoms with E-state index in [0.717, 1.165) is 0 Å². The lowest BCUT2D eigenvalue weighted by atomic mass is 10.1. The minimum absolute atomic E-state index is 0.0513. The van der Waals surface area contributed by atoms with E-state index in [0.29, 0.717) is 11.2 Å². The lowest BCUT2D eigenvalue weighted by molar-refractivity contribution is -0.0593. The number of aliphatic hydroxyl groups is 1. The predicted octanol–water partition coefficient (Wildman–Crippen LogP) is 0.647. The molecule has 2 aliphatic heterocycles. The summed E-state index contributed by atoms with van der Waals surface area (Å²) in [7, 11) is 0. The van der Waals surface area contributed by atoms with Crippen molar-refractivity contribution in [1.29, 1.82) is 0 Å². The quantitative estimate of drug-likeness (QED) is 0.570. The molecular weight excluding hydrogens is 419 g/mol. The molecule has 2 saturated heterocycles. The van der Waals surface area contributed by atoms with E-state index in [2.05, 4.69) is 40.6 Å². The van der Waals surface area contributed by atoms with Gasteiger partial charge in [0.05, 0.1) is 12.9 Å². The summed E-state index contributed by atoms with van der Waals surface area (Å²) in [6.45, 7) is 6.85. The molecule has 0 spiro atoms. The molecule has 5 atom stereocenters. The third-order valence-corrected chi connectivity index (χ3v) is 6.53. The fourth-order valence-corrected chi connectivity index (χ4v) is 4.74. The van der Waals surface area contributed by atoms with Crippen LogP contribution in [0, 0.1) is 0 Å². The molecule has 0 amide bonds. The summed E-state index contributed by atoms with van der Waals surface area (Å²) in [6, 6.07) is 0. The summed E-state index contributed by atoms with van der Waals surface area (Å²) in [5.74, 6) is 0.235. The zero-order valence-corrected chi connectivity index (χ0v) is 18.3. The molecule has 4 rings (SSSR count). The van der Waals surface area contributed by atoms with Crippen LogP contribution in [-0.2, 0) is 25.6 Å². The Bertz CT molecular complexity index is 875. The van der Waals surface area contributed by atoms with Gasteiger partial charge in [0.25, 0.3) is 0 Å². The molecule has 11 nitrogen and oxygen atoms in total. The Morgan fingerprint density at radius 2 is 1.97 bits per heavy atom. The normalized spacial score (nSPS) is 31.5. The number of ether oxygens (including phenoxy) is 1. The minimum Gasteiger partial charge on any atom is -0.386 e. The van der Waals surface area contributed by atoms with Crippen molar-refractivity contribution in [1.82, 2.24) is 24.4 Å². The number of nitrogen functional groups attached to an aromatic ring is 1. The van der Waals surface area contributed by atoms with E-state index >= 15 is 0 Å². The molecule has 162 valence electrons. The number of imidazole rings is 1. The third kappa shape index (κ3) is 4.75. The zero-order chi connectivity index (χ0) is 21.2. The highest BCUT2D eigenvalue weighted by molar-refractivity contribution is 8.07. The number of fused-ring (bicyclic) bond motifs is 2. The number of aromatic nitrogens is 4. The first-order valence-electron chi connectivity index (χ1n) is 9.45. The molecule has 13 heteroatoms. The molecule has 4 heterocycles. The van der Waals surface area contributed by atoms with Crippen molar-refractivity contribution in [3.8, 4) is 0 Å². The van der Waals surface area contributed by atoms with Crippen molar-refractivity contribution in [2.75, 3.05) is 32.0 Å². The smallest absolute Gasteiger partial charge is 0.325 e. The highest BCUT2D eigenvalue weighted by Gasteiger charge is 2.51. The molecule has 2 aromatic heterocycles. The first-order valence-corrected chi connectivity index (χ1v) is 12.0. The van der Waals surface area contributed by atoms with Crippen LogP contribution in [0.1, 0.15) is 27.0 Å². The van der Waals surface area contributed by atoms with Crippen molar-refractivity contribution in [2.45, 2.75) is 45.3 Å². The summed E-state index contributed by atoms with van der Waals surface area (Å²) >= 11 is 4.80. The van der Waals surface area contributed by atoms with Gasteiger partial charge >= 0.3 is 6.72 Å². The minimum atomic E-state index is -3.33. The number of nitrogens with zero attached hydrogens (tertiary/aromatic N) is 5. The van der Waals surface area contributed by atoms with Gasteiger partial charge in [-0.1, -0.05) is 20.8 Å². The largest absolute Gasteiger partial charge is 0.386 e. The van der Waals surface area contributed by atoms with E-state index < -0.39 is 31.3 Å². The van der Waals surface area contributed by atoms with Crippen LogP contribution < -0.4 is 5.73 Å². The Labute approximate surface area is 174 Å². The number of nitrogens with two attached hydrogens (primary N) is 1. The molecule has 2 fully saturated rings. The van der Waals surface area contributed by atoms with E-state index in [9.17, 15) is 10.00 Å². The fourth-order valence-electron chi connectivity index (χ4n) is 3.29. The van der Waals surface area contributed by atoms with Crippen LogP contribution in [-0.4, -0.2) is 79.0 Å². The van der Waals surface area contributed by atoms with Gasteiger partial charge in [0.1, 0.15) is 30.2 Å². The Balaban J connectivity index is 0.000000298. The summed E-state index contributed by atoms with van der Waals surface area (Å²) in [5.41, 5.74) is 6.58. The van der Waals surface area contributed by atoms with Crippen LogP contribution >= 0.6 is 6.72 Å². The zero-order valence-electron chi connectivity index (χ0n) is 16.6. The van der Waals surface area contributed by atoms with E-state index in [1.54, 1.807) is 4.57 Å². The molecule has 0 bridgehead atoms. The van der Waals surface area contributed by atoms with Crippen LogP contribution in [0.2, 0.25) is 0 Å². The van der Waals surface area contributed by atoms with Crippen molar-refractivity contribution in [2.24, 2.45) is 0 Å². The first kappa shape index (κ1) is 22.4. The van der Waals surface area contributed by atoms with Gasteiger partial charge in [-0.05, 0) is 31.4 Å². The molecule has 0 aromatic carbocycles. The van der Waals surface area contributed by atoms with Gasteiger partial charge in [0.15, 0.2) is 17.7 Å². The second kappa shape index (κ2) is 9.27. The molecule has 0 aliphatic carbocycles. The Kier molecular flexibility index (Phi) is 7.18. The van der Waals surface area contributed by atoms with E-state index in [1.807, 2.05) is 0 Å². The molecule has 29 heavy (non-hydrogen) atoms. The first-order chi connectivity index (χ1) is 13.8. The van der Waals surface area contributed by atoms with Gasteiger partial charge in [0, 0.05) is 0 Å². The van der Waals surface area contributed by atoms with Crippen molar-refractivity contribution in [3.63, 3.8) is 0 Å². The highest BCUT2D eigenvalue weighted by atomic mass is 32.5. The van der Waals surface area contributed by atoms with Crippen molar-refractivity contribution in [3.05, 3.63) is 12.7 Å². The van der Waals surface area contributed by atoms with Gasteiger partial charge in [-0.15, -0.1) is 0 Å². The lowest BCUT2D eigenvalue weighted by Gasteiger charge is -2.30. The molecule has 2 aliphatic rings. The van der Waals surface area contributed by atoms with Gasteiger partial charge in [-0.2, -0.15) is 0 Å². The topological polar surface area (TPSA) is 141 Å². The number of hydrogen-bond donors (Lipinski definition) is 3. The average molecular weight is 446 g/mol. The van der Waals surface area contributed by atoms with E-state index in [-0.39, 0.29) is 12.4 Å². The number of rotatable bonds is 4. The van der Waals surface area contributed by atoms with Crippen LogP contribution in [0.5, 0.6) is 0 Å². The predicted molar refractivity (Wildman–Crippen MR) is 110 cm³/mol. The summed E-state index contributed by atoms with van der Waals surface area (Å²) in [4.78, 5) is 24.2. The van der Waals surface area contributed by atoms with Gasteiger partial charge in [-0.3, -0.25) is 9.09 Å². The maximum atomic E-state index is 10.4. The standard InChI is InChI=1S/C10H12N5O5PS.C6H15N/c11-8-5-9(13-2-12-8)15(3-14-5)10-6(16)7-4(19-10)1-18-21(17,22)20-7;1-4-7(5-2)6-3/h2-4,6-7,10,16H,1H2,(H,17,22)(H2,11,12,13);4-6H2,1-3H3/t4-,6-,7+,10-,21?;/m1./s1. The Hall–Kier alpha value is -1.24. The maximum absolute atomic E-state index is 10.4. The van der Waals surface area contributed by atoms with Crippen LogP contribution in [0.15, 0.2) is 12.7 Å². The maximum Gasteiger partial charge on any atom is 0.325 e. The van der Waals surface area contributed by atoms with Crippen LogP contribution in [0.25, 0.3) is 11.2 Å². The molecule has 2 aromatic rings. The fraction of sp³-hybridized carbons (Fsp3) is 0.688. The average Bonchev–Trinajstić information content (AvgIpc) is 3.25. The van der Waals surface area contributed by atoms with Gasteiger partial charge in [0.2, 0.25) is 0 Å². The number of aliphatic hydroxyl groups excluding tert-OH is 1. The summed E-state index contributed by atoms with van der Waals surface area (Å²) < 4.78 is 17.6. The summed E-state index contributed by atoms with van der Waals surface area (Å²) in [5, 5.41) is 10.4. The molecule has 0 saturated carbocycles. The summed E-state index contributed by atoms with van der Waals surface area (Å²) in [6.07, 6.45) is -0.414. The SMILES string of the molecule is CCN(CC)CC.Nc1ncnc2c1ncn2[C@@H]1O[C@@H]2COP(O)(=S)O[C@@H]2[C@H]1O. The van der Waals surface area contributed by atoms with Gasteiger partial charge < -0.3 is 29.9 Å². The second-order valence-electron chi connectivity index (χ2n) is 6.59. The second-order valence-corrected chi connectivity index (χ2v) is 9.38. The third-order valence-electron chi connectivity index (χ3n) is 4.97. The molecular formula is C16H27N6O5PS. The molecule has 1 unspecified atom stereocenters. The number of hydrogen-bond acceptors (Lipinski definition) is 10. The van der Waals surface area contributed by atoms with E-state index in [1.165, 1.54) is 32.3 Å². The molecule has 4 N–H and O–H groups in total. The Morgan fingerprint density at radius 1 is 1.28 bits per heavy atom. The van der Waals surface area contributed by atoms with Gasteiger partial charge in [-0.25, -0.2) is 15.0 Å². The lowest BCUT2D eigenvalue weighted by Crippen LogP contribution is -2.39. The molecule has 0 radical (unpaired) electrons. The van der Waals surface area contributed by atoms with E-state index in [4.69, 9.17) is 31.3 Å². The number of anilines is 1.